The third-order valence-corrected chi connectivity index (χ3v) is 4.57. The van der Waals surface area contributed by atoms with E-state index in [0.29, 0.717) is 35.5 Å². The van der Waals surface area contributed by atoms with Crippen LogP contribution in [0.2, 0.25) is 0 Å². The number of hydrogen-bond acceptors (Lipinski definition) is 6. The van der Waals surface area contributed by atoms with E-state index in [0.717, 1.165) is 22.6 Å². The van der Waals surface area contributed by atoms with Crippen molar-refractivity contribution in [2.24, 2.45) is 7.05 Å². The van der Waals surface area contributed by atoms with Crippen molar-refractivity contribution in [1.82, 2.24) is 39.7 Å². The number of halogens is 1. The molecule has 28 heavy (non-hydrogen) atoms. The standard InChI is InChI=1S/C18H16FN9/c1-28-13(2-5-25-28)11-6-10(19)7-12-15(11)27-14(26-12)3-4-20-17-16-18(22-8-21-16)24-9-23-17/h2,5-9H,3-4H2,1H3,(H,26,27)(H2,20,21,22,23,24). The van der Waals surface area contributed by atoms with Crippen LogP contribution < -0.4 is 5.32 Å². The topological polar surface area (TPSA) is 113 Å². The molecule has 0 spiro atoms. The zero-order valence-corrected chi connectivity index (χ0v) is 14.9. The van der Waals surface area contributed by atoms with E-state index in [4.69, 9.17) is 0 Å². The third-order valence-electron chi connectivity index (χ3n) is 4.57. The molecular weight excluding hydrogens is 361 g/mol. The van der Waals surface area contributed by atoms with Crippen molar-refractivity contribution in [2.45, 2.75) is 6.42 Å². The van der Waals surface area contributed by atoms with Gasteiger partial charge in [0.05, 0.1) is 23.1 Å². The van der Waals surface area contributed by atoms with Crippen molar-refractivity contribution in [1.29, 1.82) is 0 Å². The van der Waals surface area contributed by atoms with Gasteiger partial charge in [-0.3, -0.25) is 4.68 Å². The number of fused-ring (bicyclic) bond motifs is 2. The second-order valence-corrected chi connectivity index (χ2v) is 6.37. The Kier molecular flexibility index (Phi) is 3.75. The first-order valence-electron chi connectivity index (χ1n) is 8.73. The number of H-pyrrole nitrogens is 2. The van der Waals surface area contributed by atoms with Gasteiger partial charge in [-0.1, -0.05) is 0 Å². The number of imidazole rings is 2. The Bertz CT molecular complexity index is 1280. The van der Waals surface area contributed by atoms with Crippen LogP contribution >= 0.6 is 0 Å². The number of aryl methyl sites for hydroxylation is 1. The van der Waals surface area contributed by atoms with Gasteiger partial charge < -0.3 is 15.3 Å². The van der Waals surface area contributed by atoms with Crippen LogP contribution in [0.25, 0.3) is 33.5 Å². The second kappa shape index (κ2) is 6.41. The molecule has 9 nitrogen and oxygen atoms in total. The van der Waals surface area contributed by atoms with Crippen molar-refractivity contribution in [3.63, 3.8) is 0 Å². The molecular formula is C18H16FN9. The lowest BCUT2D eigenvalue weighted by Gasteiger charge is -2.04. The Morgan fingerprint density at radius 3 is 3.00 bits per heavy atom. The van der Waals surface area contributed by atoms with Crippen LogP contribution in [0, 0.1) is 5.82 Å². The molecule has 0 saturated heterocycles. The molecule has 0 aliphatic carbocycles. The molecule has 0 saturated carbocycles. The van der Waals surface area contributed by atoms with Crippen molar-refractivity contribution >= 4 is 28.0 Å². The summed E-state index contributed by atoms with van der Waals surface area (Å²) in [6, 6.07) is 4.78. The lowest BCUT2D eigenvalue weighted by Crippen LogP contribution is -2.08. The zero-order valence-electron chi connectivity index (χ0n) is 14.9. The van der Waals surface area contributed by atoms with Gasteiger partial charge in [-0.15, -0.1) is 0 Å². The van der Waals surface area contributed by atoms with Gasteiger partial charge >= 0.3 is 0 Å². The van der Waals surface area contributed by atoms with Crippen LogP contribution in [-0.4, -0.2) is 46.2 Å². The Hall–Kier alpha value is -3.82. The molecule has 10 heteroatoms. The van der Waals surface area contributed by atoms with E-state index < -0.39 is 0 Å². The fourth-order valence-electron chi connectivity index (χ4n) is 3.28. The minimum Gasteiger partial charge on any atom is -0.368 e. The summed E-state index contributed by atoms with van der Waals surface area (Å²) in [5.74, 6) is 1.12. The highest BCUT2D eigenvalue weighted by atomic mass is 19.1. The average Bonchev–Trinajstić information content (AvgIpc) is 3.40. The van der Waals surface area contributed by atoms with E-state index in [9.17, 15) is 4.39 Å². The Morgan fingerprint density at radius 2 is 2.14 bits per heavy atom. The molecule has 4 aromatic heterocycles. The molecule has 3 N–H and O–H groups in total. The van der Waals surface area contributed by atoms with E-state index >= 15 is 0 Å². The summed E-state index contributed by atoms with van der Waals surface area (Å²) >= 11 is 0. The molecule has 0 fully saturated rings. The maximum Gasteiger partial charge on any atom is 0.182 e. The summed E-state index contributed by atoms with van der Waals surface area (Å²) in [5.41, 5.74) is 4.26. The van der Waals surface area contributed by atoms with Crippen LogP contribution in [0.1, 0.15) is 5.82 Å². The second-order valence-electron chi connectivity index (χ2n) is 6.37. The van der Waals surface area contributed by atoms with E-state index in [-0.39, 0.29) is 5.82 Å². The molecule has 0 atom stereocenters. The molecule has 0 radical (unpaired) electrons. The number of hydrogen-bond donors (Lipinski definition) is 3. The van der Waals surface area contributed by atoms with Crippen molar-refractivity contribution in [3.05, 3.63) is 48.7 Å². The van der Waals surface area contributed by atoms with Crippen LogP contribution in [0.15, 0.2) is 37.1 Å². The van der Waals surface area contributed by atoms with Gasteiger partial charge in [0.2, 0.25) is 0 Å². The average molecular weight is 377 g/mol. The third kappa shape index (κ3) is 2.75. The first-order chi connectivity index (χ1) is 13.7. The number of rotatable bonds is 5. The minimum atomic E-state index is -0.320. The summed E-state index contributed by atoms with van der Waals surface area (Å²) in [6.45, 7) is 0.592. The molecule has 0 aliphatic rings. The molecule has 140 valence electrons. The molecule has 0 bridgehead atoms. The first-order valence-corrected chi connectivity index (χ1v) is 8.73. The molecule has 5 aromatic rings. The highest BCUT2D eigenvalue weighted by molar-refractivity contribution is 5.91. The Morgan fingerprint density at radius 1 is 1.21 bits per heavy atom. The molecule has 1 aromatic carbocycles. The SMILES string of the molecule is Cn1nccc1-c1cc(F)cc2[nH]c(CCNc3ncnc4nc[nH]c34)nc12. The number of benzene rings is 1. The van der Waals surface area contributed by atoms with Crippen LogP contribution in [-0.2, 0) is 13.5 Å². The van der Waals surface area contributed by atoms with Crippen LogP contribution in [0.4, 0.5) is 10.2 Å². The van der Waals surface area contributed by atoms with Gasteiger partial charge in [-0.2, -0.15) is 5.10 Å². The fraction of sp³-hybridized carbons (Fsp3) is 0.167. The van der Waals surface area contributed by atoms with Gasteiger partial charge in [0, 0.05) is 31.8 Å². The maximum atomic E-state index is 14.1. The van der Waals surface area contributed by atoms with Crippen molar-refractivity contribution < 1.29 is 4.39 Å². The van der Waals surface area contributed by atoms with Gasteiger partial charge in [0.25, 0.3) is 0 Å². The number of aromatic nitrogens is 8. The van der Waals surface area contributed by atoms with Crippen LogP contribution in [0.5, 0.6) is 0 Å². The maximum absolute atomic E-state index is 14.1. The van der Waals surface area contributed by atoms with Gasteiger partial charge in [0.15, 0.2) is 11.5 Å². The summed E-state index contributed by atoms with van der Waals surface area (Å²) in [4.78, 5) is 23.3. The molecule has 0 aliphatic heterocycles. The fourth-order valence-corrected chi connectivity index (χ4v) is 3.28. The summed E-state index contributed by atoms with van der Waals surface area (Å²) < 4.78 is 15.8. The first kappa shape index (κ1) is 16.4. The molecule has 0 amide bonds. The van der Waals surface area contributed by atoms with Crippen molar-refractivity contribution in [2.75, 3.05) is 11.9 Å². The number of aromatic amines is 2. The monoisotopic (exact) mass is 377 g/mol. The minimum absolute atomic E-state index is 0.320. The lowest BCUT2D eigenvalue weighted by atomic mass is 10.1. The predicted molar refractivity (Wildman–Crippen MR) is 102 cm³/mol. The summed E-state index contributed by atoms with van der Waals surface area (Å²) in [5, 5.41) is 7.42. The highest BCUT2D eigenvalue weighted by Crippen LogP contribution is 2.28. The lowest BCUT2D eigenvalue weighted by molar-refractivity contribution is 0.629. The summed E-state index contributed by atoms with van der Waals surface area (Å²) in [7, 11) is 1.82. The number of nitrogens with zero attached hydrogens (tertiary/aromatic N) is 6. The molecule has 4 heterocycles. The molecule has 5 rings (SSSR count). The van der Waals surface area contributed by atoms with E-state index in [1.807, 2.05) is 13.1 Å². The van der Waals surface area contributed by atoms with Gasteiger partial charge in [-0.05, 0) is 18.2 Å². The smallest absolute Gasteiger partial charge is 0.182 e. The Balaban J connectivity index is 1.41. The van der Waals surface area contributed by atoms with Gasteiger partial charge in [0.1, 0.15) is 23.5 Å². The van der Waals surface area contributed by atoms with Crippen LogP contribution in [0.3, 0.4) is 0 Å². The predicted octanol–water partition coefficient (Wildman–Crippen LogP) is 2.42. The van der Waals surface area contributed by atoms with E-state index in [2.05, 4.69) is 40.3 Å². The largest absolute Gasteiger partial charge is 0.368 e. The number of nitrogens with one attached hydrogen (secondary N) is 3. The summed E-state index contributed by atoms with van der Waals surface area (Å²) in [6.07, 6.45) is 5.34. The normalized spacial score (nSPS) is 11.5. The quantitative estimate of drug-likeness (QED) is 0.434. The molecule has 0 unspecified atom stereocenters. The van der Waals surface area contributed by atoms with Crippen molar-refractivity contribution in [3.8, 4) is 11.3 Å². The van der Waals surface area contributed by atoms with E-state index in [1.165, 1.54) is 18.5 Å². The zero-order chi connectivity index (χ0) is 19.1. The highest BCUT2D eigenvalue weighted by Gasteiger charge is 2.14. The Labute approximate surface area is 158 Å². The van der Waals surface area contributed by atoms with E-state index in [1.54, 1.807) is 17.2 Å². The van der Waals surface area contributed by atoms with Gasteiger partial charge in [-0.25, -0.2) is 24.3 Å². The number of anilines is 1.